The molecule has 0 aromatic heterocycles. The molecule has 138 valence electrons. The summed E-state index contributed by atoms with van der Waals surface area (Å²) in [6, 6.07) is 10.8. The molecule has 26 heavy (non-hydrogen) atoms. The van der Waals surface area contributed by atoms with Crippen molar-refractivity contribution in [3.63, 3.8) is 0 Å². The van der Waals surface area contributed by atoms with Crippen molar-refractivity contribution in [3.05, 3.63) is 58.1 Å². The van der Waals surface area contributed by atoms with Gasteiger partial charge in [0, 0.05) is 10.7 Å². The molecular weight excluding hydrogens is 354 g/mol. The number of benzene rings is 2. The van der Waals surface area contributed by atoms with Crippen molar-refractivity contribution in [2.24, 2.45) is 0 Å². The predicted octanol–water partition coefficient (Wildman–Crippen LogP) is 4.21. The van der Waals surface area contributed by atoms with Gasteiger partial charge in [0.15, 0.2) is 12.7 Å². The van der Waals surface area contributed by atoms with E-state index >= 15 is 0 Å². The Bertz CT molecular complexity index is 819. The van der Waals surface area contributed by atoms with Gasteiger partial charge >= 0.3 is 5.97 Å². The van der Waals surface area contributed by atoms with Crippen LogP contribution < -0.4 is 10.1 Å². The Kier molecular flexibility index (Phi) is 6.64. The lowest BCUT2D eigenvalue weighted by Crippen LogP contribution is -2.31. The number of hydrogen-bond donors (Lipinski definition) is 1. The van der Waals surface area contributed by atoms with Gasteiger partial charge in [0.25, 0.3) is 5.91 Å². The van der Waals surface area contributed by atoms with Gasteiger partial charge in [-0.05, 0) is 57.0 Å². The zero-order valence-corrected chi connectivity index (χ0v) is 16.0. The summed E-state index contributed by atoms with van der Waals surface area (Å²) in [6.45, 7) is 6.96. The van der Waals surface area contributed by atoms with Crippen LogP contribution in [0.5, 0.6) is 5.75 Å². The Labute approximate surface area is 158 Å². The molecule has 0 saturated carbocycles. The fourth-order valence-corrected chi connectivity index (χ4v) is 2.52. The number of rotatable bonds is 6. The topological polar surface area (TPSA) is 64.6 Å². The van der Waals surface area contributed by atoms with Crippen LogP contribution in [0.1, 0.15) is 23.6 Å². The first-order chi connectivity index (χ1) is 12.3. The second-order valence-corrected chi connectivity index (χ2v) is 6.57. The SMILES string of the molecule is Cc1ccc(OCC(=O)O[C@H](C)C(=O)Nc2cc(Cl)ccc2C)c(C)c1. The highest BCUT2D eigenvalue weighted by atomic mass is 35.5. The van der Waals surface area contributed by atoms with E-state index in [0.29, 0.717) is 16.5 Å². The number of anilines is 1. The number of halogens is 1. The van der Waals surface area contributed by atoms with E-state index in [9.17, 15) is 9.59 Å². The van der Waals surface area contributed by atoms with Crippen LogP contribution >= 0.6 is 11.6 Å². The second kappa shape index (κ2) is 8.72. The highest BCUT2D eigenvalue weighted by Crippen LogP contribution is 2.21. The first kappa shape index (κ1) is 19.8. The summed E-state index contributed by atoms with van der Waals surface area (Å²) in [6.07, 6.45) is -0.955. The maximum absolute atomic E-state index is 12.2. The minimum absolute atomic E-state index is 0.266. The third-order valence-corrected chi connectivity index (χ3v) is 4.05. The molecule has 2 aromatic rings. The fourth-order valence-electron chi connectivity index (χ4n) is 2.35. The Balaban J connectivity index is 1.87. The zero-order valence-electron chi connectivity index (χ0n) is 15.3. The number of carbonyl (C=O) groups is 2. The van der Waals surface area contributed by atoms with Gasteiger partial charge in [0.1, 0.15) is 5.75 Å². The van der Waals surface area contributed by atoms with Crippen LogP contribution in [0.25, 0.3) is 0 Å². The van der Waals surface area contributed by atoms with E-state index in [1.807, 2.05) is 32.9 Å². The molecule has 0 spiro atoms. The van der Waals surface area contributed by atoms with Gasteiger partial charge in [-0.2, -0.15) is 0 Å². The van der Waals surface area contributed by atoms with Crippen molar-refractivity contribution in [1.82, 2.24) is 0 Å². The largest absolute Gasteiger partial charge is 0.482 e. The van der Waals surface area contributed by atoms with Crippen molar-refractivity contribution >= 4 is 29.2 Å². The minimum Gasteiger partial charge on any atom is -0.482 e. The summed E-state index contributed by atoms with van der Waals surface area (Å²) in [5.74, 6) is -0.440. The molecule has 0 aliphatic carbocycles. The first-order valence-electron chi connectivity index (χ1n) is 8.23. The summed E-state index contributed by atoms with van der Waals surface area (Å²) in [4.78, 5) is 24.1. The van der Waals surface area contributed by atoms with Crippen molar-refractivity contribution in [3.8, 4) is 5.75 Å². The van der Waals surface area contributed by atoms with Gasteiger partial charge < -0.3 is 14.8 Å². The number of aryl methyl sites for hydroxylation is 3. The number of amides is 1. The molecule has 1 N–H and O–H groups in total. The monoisotopic (exact) mass is 375 g/mol. The maximum Gasteiger partial charge on any atom is 0.344 e. The van der Waals surface area contributed by atoms with Gasteiger partial charge in [-0.15, -0.1) is 0 Å². The lowest BCUT2D eigenvalue weighted by atomic mass is 10.1. The number of esters is 1. The van der Waals surface area contributed by atoms with Gasteiger partial charge in [-0.1, -0.05) is 35.4 Å². The van der Waals surface area contributed by atoms with E-state index < -0.39 is 18.0 Å². The summed E-state index contributed by atoms with van der Waals surface area (Å²) < 4.78 is 10.6. The predicted molar refractivity (Wildman–Crippen MR) is 102 cm³/mol. The molecule has 5 nitrogen and oxygen atoms in total. The quantitative estimate of drug-likeness (QED) is 0.768. The van der Waals surface area contributed by atoms with E-state index in [2.05, 4.69) is 5.32 Å². The molecule has 6 heteroatoms. The first-order valence-corrected chi connectivity index (χ1v) is 8.60. The molecule has 0 radical (unpaired) electrons. The highest BCUT2D eigenvalue weighted by molar-refractivity contribution is 6.31. The van der Waals surface area contributed by atoms with E-state index in [-0.39, 0.29) is 6.61 Å². The zero-order chi connectivity index (χ0) is 19.3. The van der Waals surface area contributed by atoms with Crippen LogP contribution in [0.4, 0.5) is 5.69 Å². The van der Waals surface area contributed by atoms with Gasteiger partial charge in [0.2, 0.25) is 0 Å². The van der Waals surface area contributed by atoms with Crippen molar-refractivity contribution < 1.29 is 19.1 Å². The van der Waals surface area contributed by atoms with E-state index in [1.54, 1.807) is 24.3 Å². The third kappa shape index (κ3) is 5.49. The highest BCUT2D eigenvalue weighted by Gasteiger charge is 2.19. The number of carbonyl (C=O) groups excluding carboxylic acids is 2. The van der Waals surface area contributed by atoms with Gasteiger partial charge in [0.05, 0.1) is 0 Å². The average Bonchev–Trinajstić information content (AvgIpc) is 2.57. The Morgan fingerprint density at radius 2 is 1.81 bits per heavy atom. The molecule has 1 amide bonds. The molecule has 0 unspecified atom stereocenters. The molecule has 0 bridgehead atoms. The molecule has 0 fully saturated rings. The standard InChI is InChI=1S/C20H22ClNO4/c1-12-5-8-18(14(3)9-12)25-11-19(23)26-15(4)20(24)22-17-10-16(21)7-6-13(17)2/h5-10,15H,11H2,1-4H3,(H,22,24)/t15-/m1/s1. The molecule has 0 aliphatic rings. The Morgan fingerprint density at radius 3 is 2.50 bits per heavy atom. The van der Waals surface area contributed by atoms with Crippen molar-refractivity contribution in [2.75, 3.05) is 11.9 Å². The normalized spacial score (nSPS) is 11.6. The Hall–Kier alpha value is -2.53. The minimum atomic E-state index is -0.955. The van der Waals surface area contributed by atoms with Gasteiger partial charge in [-0.3, -0.25) is 4.79 Å². The fraction of sp³-hybridized carbons (Fsp3) is 0.300. The van der Waals surface area contributed by atoms with E-state index in [1.165, 1.54) is 6.92 Å². The number of ether oxygens (including phenoxy) is 2. The Morgan fingerprint density at radius 1 is 1.08 bits per heavy atom. The van der Waals surface area contributed by atoms with Gasteiger partial charge in [-0.25, -0.2) is 4.79 Å². The summed E-state index contributed by atoms with van der Waals surface area (Å²) in [5.41, 5.74) is 3.48. The second-order valence-electron chi connectivity index (χ2n) is 6.14. The molecule has 2 aromatic carbocycles. The molecule has 1 atom stereocenters. The molecule has 0 saturated heterocycles. The summed E-state index contributed by atoms with van der Waals surface area (Å²) in [7, 11) is 0. The summed E-state index contributed by atoms with van der Waals surface area (Å²) in [5, 5.41) is 3.22. The number of nitrogens with one attached hydrogen (secondary N) is 1. The molecule has 0 aliphatic heterocycles. The number of hydrogen-bond acceptors (Lipinski definition) is 4. The molecular formula is C20H22ClNO4. The average molecular weight is 376 g/mol. The van der Waals surface area contributed by atoms with Crippen LogP contribution in [-0.4, -0.2) is 24.6 Å². The third-order valence-electron chi connectivity index (χ3n) is 3.81. The van der Waals surface area contributed by atoms with E-state index in [4.69, 9.17) is 21.1 Å². The molecule has 0 heterocycles. The van der Waals surface area contributed by atoms with Crippen LogP contribution in [0.2, 0.25) is 5.02 Å². The maximum atomic E-state index is 12.2. The van der Waals surface area contributed by atoms with E-state index in [0.717, 1.165) is 16.7 Å². The smallest absolute Gasteiger partial charge is 0.344 e. The van der Waals surface area contributed by atoms with Crippen molar-refractivity contribution in [1.29, 1.82) is 0 Å². The molecule has 2 rings (SSSR count). The van der Waals surface area contributed by atoms with Crippen LogP contribution in [0.15, 0.2) is 36.4 Å². The van der Waals surface area contributed by atoms with Crippen molar-refractivity contribution in [2.45, 2.75) is 33.8 Å². The van der Waals surface area contributed by atoms with Crippen LogP contribution in [-0.2, 0) is 14.3 Å². The lowest BCUT2D eigenvalue weighted by molar-refractivity contribution is -0.155. The van der Waals surface area contributed by atoms with Crippen LogP contribution in [0, 0.1) is 20.8 Å². The lowest BCUT2D eigenvalue weighted by Gasteiger charge is -2.15. The summed E-state index contributed by atoms with van der Waals surface area (Å²) >= 11 is 5.93. The van der Waals surface area contributed by atoms with Crippen LogP contribution in [0.3, 0.4) is 0 Å².